The van der Waals surface area contributed by atoms with Gasteiger partial charge in [0.1, 0.15) is 11.6 Å². The highest BCUT2D eigenvalue weighted by atomic mass is 35.5. The Morgan fingerprint density at radius 2 is 2.17 bits per heavy atom. The highest BCUT2D eigenvalue weighted by molar-refractivity contribution is 6.30. The zero-order valence-electron chi connectivity index (χ0n) is 10.3. The first-order valence-electron chi connectivity index (χ1n) is 5.80. The van der Waals surface area contributed by atoms with Crippen LogP contribution in [0.3, 0.4) is 0 Å². The first-order chi connectivity index (χ1) is 8.58. The number of halogens is 2. The van der Waals surface area contributed by atoms with Gasteiger partial charge in [0, 0.05) is 30.4 Å². The van der Waals surface area contributed by atoms with Gasteiger partial charge < -0.3 is 5.32 Å². The van der Waals surface area contributed by atoms with Crippen molar-refractivity contribution in [2.75, 3.05) is 5.32 Å². The number of hydrogen-bond acceptors (Lipinski definition) is 2. The van der Waals surface area contributed by atoms with Crippen LogP contribution in [-0.4, -0.2) is 9.78 Å². The largest absolute Gasteiger partial charge is 0.364 e. The van der Waals surface area contributed by atoms with Crippen LogP contribution in [0.5, 0.6) is 0 Å². The average Bonchev–Trinajstić information content (AvgIpc) is 2.80. The van der Waals surface area contributed by atoms with Crippen LogP contribution >= 0.6 is 11.6 Å². The van der Waals surface area contributed by atoms with Gasteiger partial charge in [0.25, 0.3) is 0 Å². The van der Waals surface area contributed by atoms with Crippen molar-refractivity contribution in [2.24, 2.45) is 0 Å². The fourth-order valence-electron chi connectivity index (χ4n) is 1.59. The maximum Gasteiger partial charge on any atom is 0.148 e. The Balaban J connectivity index is 2.04. The van der Waals surface area contributed by atoms with Crippen LogP contribution in [0, 0.1) is 5.82 Å². The third-order valence-electron chi connectivity index (χ3n) is 2.63. The van der Waals surface area contributed by atoms with Gasteiger partial charge in [0.15, 0.2) is 0 Å². The van der Waals surface area contributed by atoms with Crippen molar-refractivity contribution in [2.45, 2.75) is 26.4 Å². The average molecular weight is 268 g/mol. The summed E-state index contributed by atoms with van der Waals surface area (Å²) in [5.74, 6) is 0.345. The van der Waals surface area contributed by atoms with E-state index in [-0.39, 0.29) is 10.8 Å². The van der Waals surface area contributed by atoms with Crippen molar-refractivity contribution in [3.63, 3.8) is 0 Å². The number of nitrogens with zero attached hydrogens (tertiary/aromatic N) is 2. The molecule has 0 saturated heterocycles. The number of anilines is 1. The van der Waals surface area contributed by atoms with E-state index < -0.39 is 0 Å². The van der Waals surface area contributed by atoms with Gasteiger partial charge in [-0.15, -0.1) is 0 Å². The minimum atomic E-state index is -0.380. The molecule has 1 heterocycles. The van der Waals surface area contributed by atoms with Gasteiger partial charge in [-0.1, -0.05) is 23.7 Å². The van der Waals surface area contributed by atoms with Crippen LogP contribution < -0.4 is 5.32 Å². The first-order valence-corrected chi connectivity index (χ1v) is 6.17. The molecule has 1 N–H and O–H groups in total. The minimum absolute atomic E-state index is 0.141. The molecular weight excluding hydrogens is 253 g/mol. The van der Waals surface area contributed by atoms with Crippen LogP contribution in [0.4, 0.5) is 10.2 Å². The molecule has 2 rings (SSSR count). The Morgan fingerprint density at radius 3 is 2.83 bits per heavy atom. The third-order valence-corrected chi connectivity index (χ3v) is 2.92. The summed E-state index contributed by atoms with van der Waals surface area (Å²) in [5.41, 5.74) is 0.529. The lowest BCUT2D eigenvalue weighted by molar-refractivity contribution is 0.533. The summed E-state index contributed by atoms with van der Waals surface area (Å²) in [6.45, 7) is 4.46. The SMILES string of the molecule is CC(C)n1ccc(NCc2cccc(Cl)c2F)n1. The molecule has 0 unspecified atom stereocenters. The van der Waals surface area contributed by atoms with E-state index in [2.05, 4.69) is 10.4 Å². The quantitative estimate of drug-likeness (QED) is 0.911. The van der Waals surface area contributed by atoms with E-state index in [1.807, 2.05) is 30.8 Å². The van der Waals surface area contributed by atoms with Gasteiger partial charge in [0.05, 0.1) is 5.02 Å². The Bertz CT molecular complexity index is 537. The summed E-state index contributed by atoms with van der Waals surface area (Å²) >= 11 is 5.72. The lowest BCUT2D eigenvalue weighted by Crippen LogP contribution is -2.05. The van der Waals surface area contributed by atoms with Gasteiger partial charge >= 0.3 is 0 Å². The Morgan fingerprint density at radius 1 is 1.39 bits per heavy atom. The van der Waals surface area contributed by atoms with Gasteiger partial charge in [-0.05, 0) is 19.9 Å². The predicted molar refractivity (Wildman–Crippen MR) is 71.3 cm³/mol. The van der Waals surface area contributed by atoms with Gasteiger partial charge in [-0.25, -0.2) is 4.39 Å². The standard InChI is InChI=1S/C13H15ClFN3/c1-9(2)18-7-6-12(17-18)16-8-10-4-3-5-11(14)13(10)15/h3-7,9H,8H2,1-2H3,(H,16,17). The van der Waals surface area contributed by atoms with E-state index in [4.69, 9.17) is 11.6 Å². The molecule has 0 aliphatic carbocycles. The summed E-state index contributed by atoms with van der Waals surface area (Å²) < 4.78 is 15.5. The van der Waals surface area contributed by atoms with Crippen LogP contribution in [0.2, 0.25) is 5.02 Å². The molecule has 5 heteroatoms. The zero-order chi connectivity index (χ0) is 13.1. The maximum absolute atomic E-state index is 13.6. The summed E-state index contributed by atoms with van der Waals surface area (Å²) in [6, 6.07) is 7.14. The van der Waals surface area contributed by atoms with Gasteiger partial charge in [-0.2, -0.15) is 5.10 Å². The summed E-state index contributed by atoms with van der Waals surface area (Å²) in [5, 5.41) is 7.54. The van der Waals surface area contributed by atoms with Crippen LogP contribution in [0.1, 0.15) is 25.5 Å². The molecular formula is C13H15ClFN3. The van der Waals surface area contributed by atoms with Crippen molar-refractivity contribution < 1.29 is 4.39 Å². The van der Waals surface area contributed by atoms with Crippen molar-refractivity contribution >= 4 is 17.4 Å². The zero-order valence-corrected chi connectivity index (χ0v) is 11.1. The molecule has 18 heavy (non-hydrogen) atoms. The highest BCUT2D eigenvalue weighted by Crippen LogP contribution is 2.18. The van der Waals surface area contributed by atoms with Crippen LogP contribution in [-0.2, 0) is 6.54 Å². The van der Waals surface area contributed by atoms with E-state index >= 15 is 0 Å². The van der Waals surface area contributed by atoms with Crippen LogP contribution in [0.25, 0.3) is 0 Å². The summed E-state index contributed by atoms with van der Waals surface area (Å²) in [6.07, 6.45) is 1.89. The molecule has 1 aromatic carbocycles. The Labute approximate surface area is 111 Å². The van der Waals surface area contributed by atoms with Crippen LogP contribution in [0.15, 0.2) is 30.5 Å². The van der Waals surface area contributed by atoms with E-state index in [0.29, 0.717) is 18.2 Å². The molecule has 0 bridgehead atoms. The number of rotatable bonds is 4. The lowest BCUT2D eigenvalue weighted by Gasteiger charge is -2.06. The number of aromatic nitrogens is 2. The molecule has 0 amide bonds. The highest BCUT2D eigenvalue weighted by Gasteiger charge is 2.07. The fraction of sp³-hybridized carbons (Fsp3) is 0.308. The summed E-state index contributed by atoms with van der Waals surface area (Å²) in [7, 11) is 0. The minimum Gasteiger partial charge on any atom is -0.364 e. The number of hydrogen-bond donors (Lipinski definition) is 1. The van der Waals surface area contributed by atoms with E-state index in [9.17, 15) is 4.39 Å². The molecule has 0 aliphatic rings. The lowest BCUT2D eigenvalue weighted by atomic mass is 10.2. The molecule has 96 valence electrons. The normalized spacial score (nSPS) is 10.9. The topological polar surface area (TPSA) is 29.9 Å². The Kier molecular flexibility index (Phi) is 3.87. The molecule has 3 nitrogen and oxygen atoms in total. The Hall–Kier alpha value is -1.55. The monoisotopic (exact) mass is 267 g/mol. The molecule has 0 aliphatic heterocycles. The van der Waals surface area contributed by atoms with Gasteiger partial charge in [0.2, 0.25) is 0 Å². The molecule has 1 aromatic heterocycles. The third kappa shape index (κ3) is 2.82. The fourth-order valence-corrected chi connectivity index (χ4v) is 1.78. The molecule has 0 fully saturated rings. The predicted octanol–water partition coefficient (Wildman–Crippen LogP) is 3.87. The smallest absolute Gasteiger partial charge is 0.148 e. The number of benzene rings is 1. The molecule has 0 radical (unpaired) electrons. The van der Waals surface area contributed by atoms with Crippen molar-refractivity contribution in [1.82, 2.24) is 9.78 Å². The van der Waals surface area contributed by atoms with E-state index in [1.54, 1.807) is 12.1 Å². The second kappa shape index (κ2) is 5.40. The molecule has 0 spiro atoms. The maximum atomic E-state index is 13.6. The summed E-state index contributed by atoms with van der Waals surface area (Å²) in [4.78, 5) is 0. The van der Waals surface area contributed by atoms with E-state index in [0.717, 1.165) is 5.82 Å². The van der Waals surface area contributed by atoms with E-state index in [1.165, 1.54) is 6.07 Å². The molecule has 2 aromatic rings. The van der Waals surface area contributed by atoms with Crippen molar-refractivity contribution in [1.29, 1.82) is 0 Å². The van der Waals surface area contributed by atoms with Gasteiger partial charge in [-0.3, -0.25) is 4.68 Å². The molecule has 0 saturated carbocycles. The van der Waals surface area contributed by atoms with Crippen molar-refractivity contribution in [3.8, 4) is 0 Å². The second-order valence-electron chi connectivity index (χ2n) is 4.34. The molecule has 0 atom stereocenters. The first kappa shape index (κ1) is 12.9. The second-order valence-corrected chi connectivity index (χ2v) is 4.75. The number of nitrogens with one attached hydrogen (secondary N) is 1. The van der Waals surface area contributed by atoms with Crippen molar-refractivity contribution in [3.05, 3.63) is 46.9 Å².